The molecule has 32 heavy (non-hydrogen) atoms. The number of ether oxygens (including phenoxy) is 1. The van der Waals surface area contributed by atoms with Gasteiger partial charge in [-0.1, -0.05) is 35.9 Å². The summed E-state index contributed by atoms with van der Waals surface area (Å²) in [6.45, 7) is 0.312. The summed E-state index contributed by atoms with van der Waals surface area (Å²) in [5.41, 5.74) is 2.77. The third-order valence-corrected chi connectivity index (χ3v) is 6.15. The molecular formula is C22H14ClF3I2N2O2. The Hall–Kier alpha value is -1.86. The minimum absolute atomic E-state index is 0.135. The van der Waals surface area contributed by atoms with Gasteiger partial charge in [0.15, 0.2) is 0 Å². The number of carbonyl (C=O) groups excluding carboxylic acids is 1. The maximum atomic E-state index is 12.8. The molecule has 10 heteroatoms. The maximum Gasteiger partial charge on any atom is 0.416 e. The largest absolute Gasteiger partial charge is 0.487 e. The fraction of sp³-hybridized carbons (Fsp3) is 0.0909. The van der Waals surface area contributed by atoms with Crippen LogP contribution in [-0.4, -0.2) is 12.1 Å². The maximum absolute atomic E-state index is 12.8. The molecule has 0 heterocycles. The summed E-state index contributed by atoms with van der Waals surface area (Å²) in [5.74, 6) is -0.0484. The number of hydrogen-bond acceptors (Lipinski definition) is 3. The first-order valence-corrected chi connectivity index (χ1v) is 11.5. The molecule has 0 aliphatic rings. The highest BCUT2D eigenvalue weighted by Crippen LogP contribution is 2.31. The first kappa shape index (κ1) is 24.8. The van der Waals surface area contributed by atoms with Crippen LogP contribution in [-0.2, 0) is 12.8 Å². The third kappa shape index (κ3) is 6.58. The van der Waals surface area contributed by atoms with Gasteiger partial charge in [0.2, 0.25) is 0 Å². The molecule has 0 aromatic heterocycles. The van der Waals surface area contributed by atoms with Crippen LogP contribution in [0.2, 0.25) is 5.02 Å². The highest BCUT2D eigenvalue weighted by atomic mass is 127. The molecule has 0 radical (unpaired) electrons. The van der Waals surface area contributed by atoms with Gasteiger partial charge in [-0.2, -0.15) is 18.3 Å². The number of hydrogen-bond donors (Lipinski definition) is 1. The van der Waals surface area contributed by atoms with Crippen molar-refractivity contribution >= 4 is 68.9 Å². The van der Waals surface area contributed by atoms with Crippen LogP contribution in [0.1, 0.15) is 27.0 Å². The topological polar surface area (TPSA) is 50.7 Å². The Kier molecular flexibility index (Phi) is 8.39. The number of nitrogens with zero attached hydrogens (tertiary/aromatic N) is 1. The smallest absolute Gasteiger partial charge is 0.416 e. The van der Waals surface area contributed by atoms with Gasteiger partial charge >= 0.3 is 6.18 Å². The predicted molar refractivity (Wildman–Crippen MR) is 134 cm³/mol. The number of carbonyl (C=O) groups is 1. The van der Waals surface area contributed by atoms with E-state index in [2.05, 4.69) is 55.7 Å². The van der Waals surface area contributed by atoms with Gasteiger partial charge < -0.3 is 4.74 Å². The van der Waals surface area contributed by atoms with Crippen molar-refractivity contribution in [2.24, 2.45) is 5.10 Å². The Balaban J connectivity index is 1.66. The summed E-state index contributed by atoms with van der Waals surface area (Å²) in [4.78, 5) is 12.1. The molecule has 0 spiro atoms. The summed E-state index contributed by atoms with van der Waals surface area (Å²) < 4.78 is 46.0. The van der Waals surface area contributed by atoms with E-state index < -0.39 is 17.6 Å². The van der Waals surface area contributed by atoms with Crippen LogP contribution >= 0.6 is 56.8 Å². The van der Waals surface area contributed by atoms with E-state index in [1.165, 1.54) is 18.3 Å². The number of benzene rings is 3. The van der Waals surface area contributed by atoms with Crippen LogP contribution in [0.5, 0.6) is 5.75 Å². The van der Waals surface area contributed by atoms with Gasteiger partial charge in [-0.25, -0.2) is 5.43 Å². The molecule has 166 valence electrons. The number of nitrogens with one attached hydrogen (secondary N) is 1. The van der Waals surface area contributed by atoms with Crippen molar-refractivity contribution in [3.63, 3.8) is 0 Å². The van der Waals surface area contributed by atoms with Gasteiger partial charge in [0.1, 0.15) is 12.4 Å². The molecule has 4 nitrogen and oxygen atoms in total. The number of halogens is 6. The van der Waals surface area contributed by atoms with Crippen molar-refractivity contribution in [3.8, 4) is 5.75 Å². The minimum Gasteiger partial charge on any atom is -0.487 e. The van der Waals surface area contributed by atoms with E-state index in [-0.39, 0.29) is 5.56 Å². The summed E-state index contributed by atoms with van der Waals surface area (Å²) in [6, 6.07) is 15.2. The van der Waals surface area contributed by atoms with Crippen LogP contribution in [0.25, 0.3) is 0 Å². The Labute approximate surface area is 214 Å². The number of amides is 1. The zero-order valence-electron chi connectivity index (χ0n) is 16.1. The Morgan fingerprint density at radius 3 is 2.41 bits per heavy atom. The SMILES string of the molecule is O=C(N/N=C\c1cc(I)c(OCc2ccccc2Cl)c(I)c1)c1cccc(C(F)(F)F)c1. The second-order valence-corrected chi connectivity index (χ2v) is 9.20. The van der Waals surface area contributed by atoms with Crippen molar-refractivity contribution in [3.05, 3.63) is 95.1 Å². The molecule has 0 saturated carbocycles. The lowest BCUT2D eigenvalue weighted by Crippen LogP contribution is -2.18. The number of alkyl halides is 3. The van der Waals surface area contributed by atoms with E-state index in [1.54, 1.807) is 6.07 Å². The monoisotopic (exact) mass is 684 g/mol. The zero-order valence-corrected chi connectivity index (χ0v) is 21.2. The first-order valence-electron chi connectivity index (χ1n) is 9.01. The molecule has 1 N–H and O–H groups in total. The lowest BCUT2D eigenvalue weighted by Gasteiger charge is -2.12. The molecule has 0 saturated heterocycles. The predicted octanol–water partition coefficient (Wildman–Crippen LogP) is 6.91. The van der Waals surface area contributed by atoms with Crippen molar-refractivity contribution in [1.82, 2.24) is 5.43 Å². The van der Waals surface area contributed by atoms with E-state index in [4.69, 9.17) is 16.3 Å². The van der Waals surface area contributed by atoms with Gasteiger partial charge in [0.25, 0.3) is 5.91 Å². The molecule has 0 atom stereocenters. The second-order valence-electron chi connectivity index (χ2n) is 6.47. The normalized spacial score (nSPS) is 11.6. The van der Waals surface area contributed by atoms with Crippen molar-refractivity contribution in [2.75, 3.05) is 0 Å². The molecule has 0 fully saturated rings. The van der Waals surface area contributed by atoms with Crippen LogP contribution in [0.4, 0.5) is 13.2 Å². The molecule has 0 aliphatic heterocycles. The zero-order chi connectivity index (χ0) is 23.3. The molecule has 0 aliphatic carbocycles. The average Bonchev–Trinajstić information content (AvgIpc) is 2.74. The fourth-order valence-electron chi connectivity index (χ4n) is 2.62. The van der Waals surface area contributed by atoms with E-state index in [9.17, 15) is 18.0 Å². The summed E-state index contributed by atoms with van der Waals surface area (Å²) in [7, 11) is 0. The Bertz CT molecular complexity index is 1150. The van der Waals surface area contributed by atoms with E-state index >= 15 is 0 Å². The summed E-state index contributed by atoms with van der Waals surface area (Å²) in [5, 5.41) is 4.48. The second kappa shape index (κ2) is 10.8. The van der Waals surface area contributed by atoms with Gasteiger partial charge in [-0.3, -0.25) is 4.79 Å². The van der Waals surface area contributed by atoms with Gasteiger partial charge in [0.05, 0.1) is 18.9 Å². The molecule has 3 aromatic carbocycles. The molecular weight excluding hydrogens is 671 g/mol. The van der Waals surface area contributed by atoms with Crippen LogP contribution in [0.3, 0.4) is 0 Å². The van der Waals surface area contributed by atoms with Crippen LogP contribution < -0.4 is 10.2 Å². The highest BCUT2D eigenvalue weighted by Gasteiger charge is 2.30. The molecule has 1 amide bonds. The molecule has 3 rings (SSSR count). The molecule has 3 aromatic rings. The van der Waals surface area contributed by atoms with Crippen LogP contribution in [0.15, 0.2) is 65.8 Å². The van der Waals surface area contributed by atoms with Crippen LogP contribution in [0, 0.1) is 7.14 Å². The summed E-state index contributed by atoms with van der Waals surface area (Å²) in [6.07, 6.45) is -3.11. The van der Waals surface area contributed by atoms with Crippen molar-refractivity contribution < 1.29 is 22.7 Å². The van der Waals surface area contributed by atoms with Gasteiger partial charge in [-0.15, -0.1) is 0 Å². The lowest BCUT2D eigenvalue weighted by atomic mass is 10.1. The summed E-state index contributed by atoms with van der Waals surface area (Å²) >= 11 is 10.4. The number of rotatable bonds is 6. The molecule has 0 unspecified atom stereocenters. The van der Waals surface area contributed by atoms with Gasteiger partial charge in [0, 0.05) is 16.1 Å². The quantitative estimate of drug-likeness (QED) is 0.174. The van der Waals surface area contributed by atoms with E-state index in [0.29, 0.717) is 22.9 Å². The third-order valence-electron chi connectivity index (χ3n) is 4.18. The Morgan fingerprint density at radius 1 is 1.06 bits per heavy atom. The minimum atomic E-state index is -4.53. The fourth-order valence-corrected chi connectivity index (χ4v) is 4.94. The average molecular weight is 685 g/mol. The molecule has 0 bridgehead atoms. The van der Waals surface area contributed by atoms with Crippen molar-refractivity contribution in [2.45, 2.75) is 12.8 Å². The highest BCUT2D eigenvalue weighted by molar-refractivity contribution is 14.1. The first-order chi connectivity index (χ1) is 15.1. The van der Waals surface area contributed by atoms with Gasteiger partial charge in [-0.05, 0) is 87.1 Å². The van der Waals surface area contributed by atoms with Crippen molar-refractivity contribution in [1.29, 1.82) is 0 Å². The standard InChI is InChI=1S/C22H14ClF3I2N2O2/c23-17-7-2-1-4-15(17)12-32-20-18(27)8-13(9-19(20)28)11-29-30-21(31)14-5-3-6-16(10-14)22(24,25)26/h1-11H,12H2,(H,30,31)/b29-11-. The van der Waals surface area contributed by atoms with E-state index in [0.717, 1.165) is 24.8 Å². The lowest BCUT2D eigenvalue weighted by molar-refractivity contribution is -0.137. The Morgan fingerprint density at radius 2 is 1.75 bits per heavy atom. The number of hydrazone groups is 1. The van der Waals surface area contributed by atoms with E-state index in [1.807, 2.05) is 30.3 Å².